The fraction of sp³-hybridized carbons (Fsp3) is 0.250. The fourth-order valence-corrected chi connectivity index (χ4v) is 1.42. The van der Waals surface area contributed by atoms with E-state index in [4.69, 9.17) is 5.73 Å². The van der Waals surface area contributed by atoms with Crippen molar-refractivity contribution in [2.24, 2.45) is 5.73 Å². The van der Waals surface area contributed by atoms with Crippen molar-refractivity contribution in [1.82, 2.24) is 0 Å². The first-order chi connectivity index (χ1) is 8.27. The van der Waals surface area contributed by atoms with Crippen molar-refractivity contribution < 1.29 is 4.79 Å². The van der Waals surface area contributed by atoms with Crippen molar-refractivity contribution in [3.05, 3.63) is 36.4 Å². The number of anilines is 2. The molecule has 1 amide bonds. The Kier molecular flexibility index (Phi) is 5.89. The summed E-state index contributed by atoms with van der Waals surface area (Å²) in [6.45, 7) is 0.612. The number of carbonyl (C=O) groups excluding carboxylic acids is 1. The van der Waals surface area contributed by atoms with Gasteiger partial charge < -0.3 is 16.3 Å². The number of rotatable bonds is 6. The Morgan fingerprint density at radius 3 is 2.65 bits per heavy atom. The van der Waals surface area contributed by atoms with Gasteiger partial charge in [0.05, 0.1) is 5.69 Å². The predicted molar refractivity (Wildman–Crippen MR) is 74.7 cm³/mol. The van der Waals surface area contributed by atoms with Crippen LogP contribution in [0.25, 0.3) is 0 Å². The second-order valence-corrected chi connectivity index (χ2v) is 3.60. The maximum Gasteiger partial charge on any atom is 0.228 e. The van der Waals surface area contributed by atoms with E-state index in [-0.39, 0.29) is 5.91 Å². The number of nitrogens with two attached hydrogens (primary N) is 1. The van der Waals surface area contributed by atoms with Crippen LogP contribution < -0.4 is 16.3 Å². The lowest BCUT2D eigenvalue weighted by atomic mass is 10.2. The molecule has 5 heteroatoms. The van der Waals surface area contributed by atoms with Gasteiger partial charge in [0.15, 0.2) is 0 Å². The van der Waals surface area contributed by atoms with E-state index >= 15 is 0 Å². The summed E-state index contributed by atoms with van der Waals surface area (Å²) in [5.41, 5.74) is 7.05. The highest BCUT2D eigenvalue weighted by Gasteiger charge is 2.03. The first-order valence-electron chi connectivity index (χ1n) is 5.69. The first kappa shape index (κ1) is 13.3. The van der Waals surface area contributed by atoms with E-state index in [2.05, 4.69) is 10.5 Å². The van der Waals surface area contributed by atoms with E-state index in [9.17, 15) is 4.79 Å². The molecule has 0 unspecified atom stereocenters. The summed E-state index contributed by atoms with van der Waals surface area (Å²) in [5.74, 6) is -0.0269. The van der Waals surface area contributed by atoms with E-state index < -0.39 is 0 Å². The van der Waals surface area contributed by atoms with Gasteiger partial charge in [0.25, 0.3) is 0 Å². The van der Waals surface area contributed by atoms with Gasteiger partial charge in [-0.3, -0.25) is 4.79 Å². The van der Waals surface area contributed by atoms with Gasteiger partial charge in [-0.1, -0.05) is 24.3 Å². The molecule has 0 aromatic heterocycles. The van der Waals surface area contributed by atoms with Crippen LogP contribution in [0.5, 0.6) is 0 Å². The first-order valence-corrected chi connectivity index (χ1v) is 5.69. The van der Waals surface area contributed by atoms with Crippen LogP contribution >= 0.6 is 0 Å². The lowest BCUT2D eigenvalue weighted by molar-refractivity contribution is -0.115. The monoisotopic (exact) mass is 231 g/mol. The summed E-state index contributed by atoms with van der Waals surface area (Å²) >= 11 is 0. The summed E-state index contributed by atoms with van der Waals surface area (Å²) in [6, 6.07) is 7.59. The van der Waals surface area contributed by atoms with Crippen molar-refractivity contribution in [3.8, 4) is 0 Å². The van der Waals surface area contributed by atoms with Gasteiger partial charge in [0.2, 0.25) is 13.9 Å². The van der Waals surface area contributed by atoms with Crippen molar-refractivity contribution in [2.75, 3.05) is 17.1 Å². The Morgan fingerprint density at radius 2 is 2.00 bits per heavy atom. The number of nitrogens with one attached hydrogen (secondary N) is 2. The second kappa shape index (κ2) is 7.52. The Labute approximate surface area is 103 Å². The number of amides is 1. The zero-order chi connectivity index (χ0) is 12.5. The van der Waals surface area contributed by atoms with Gasteiger partial charge in [0, 0.05) is 12.1 Å². The lowest BCUT2D eigenvalue weighted by Gasteiger charge is -2.09. The molecular weight excluding hydrogens is 213 g/mol. The normalized spacial score (nSPS) is 10.4. The Balaban J connectivity index is 2.50. The Morgan fingerprint density at radius 1 is 1.29 bits per heavy atom. The third-order valence-electron chi connectivity index (χ3n) is 2.27. The molecule has 0 heterocycles. The summed E-state index contributed by atoms with van der Waals surface area (Å²) in [7, 11) is 1.83. The number of hydrogen-bond acceptors (Lipinski definition) is 3. The average Bonchev–Trinajstić information content (AvgIpc) is 2.35. The minimum Gasteiger partial charge on any atom is -0.433 e. The Hall–Kier alpha value is -1.75. The second-order valence-electron chi connectivity index (χ2n) is 3.60. The highest BCUT2D eigenvalue weighted by molar-refractivity contribution is 6.17. The molecule has 1 aromatic carbocycles. The fourth-order valence-electron chi connectivity index (χ4n) is 1.42. The van der Waals surface area contributed by atoms with Gasteiger partial charge in [-0.2, -0.15) is 0 Å². The van der Waals surface area contributed by atoms with Gasteiger partial charge in [0.1, 0.15) is 0 Å². The Bertz CT molecular complexity index is 393. The molecule has 1 rings (SSSR count). The molecule has 0 aliphatic heterocycles. The molecule has 0 aliphatic carbocycles. The molecule has 0 fully saturated rings. The van der Waals surface area contributed by atoms with E-state index in [1.165, 1.54) is 0 Å². The molecule has 0 saturated heterocycles. The molecule has 0 spiro atoms. The lowest BCUT2D eigenvalue weighted by Crippen LogP contribution is -2.11. The zero-order valence-corrected chi connectivity index (χ0v) is 10.1. The van der Waals surface area contributed by atoms with Crippen LogP contribution in [0.2, 0.25) is 0 Å². The molecular formula is C12H18BN3O. The molecule has 0 aliphatic rings. The maximum absolute atomic E-state index is 11.6. The van der Waals surface area contributed by atoms with Crippen LogP contribution in [0.1, 0.15) is 12.8 Å². The molecule has 0 bridgehead atoms. The molecule has 4 N–H and O–H groups in total. The molecule has 0 atom stereocenters. The summed E-state index contributed by atoms with van der Waals surface area (Å²) < 4.78 is 0. The number of para-hydroxylation sites is 2. The standard InChI is InChI=1S/C12H18BN3O/c13-16-11-7-4-3-6-10(11)15-12(17)8-2-1-5-9-14/h1-4,6-7,16H,5,8-9,13-14H2,(H,15,17)/b2-1+. The van der Waals surface area contributed by atoms with Crippen LogP contribution in [-0.2, 0) is 4.79 Å². The van der Waals surface area contributed by atoms with Crippen LogP contribution in [0.15, 0.2) is 36.4 Å². The summed E-state index contributed by atoms with van der Waals surface area (Å²) in [5, 5.41) is 5.88. The topological polar surface area (TPSA) is 67.1 Å². The van der Waals surface area contributed by atoms with Crippen molar-refractivity contribution in [3.63, 3.8) is 0 Å². The van der Waals surface area contributed by atoms with Gasteiger partial charge in [-0.05, 0) is 25.1 Å². The van der Waals surface area contributed by atoms with E-state index in [0.29, 0.717) is 13.0 Å². The third kappa shape index (κ3) is 4.74. The number of carbonyl (C=O) groups is 1. The van der Waals surface area contributed by atoms with Crippen LogP contribution in [0.3, 0.4) is 0 Å². The van der Waals surface area contributed by atoms with E-state index in [1.54, 1.807) is 0 Å². The zero-order valence-electron chi connectivity index (χ0n) is 10.1. The molecule has 4 nitrogen and oxygen atoms in total. The van der Waals surface area contributed by atoms with Crippen LogP contribution in [-0.4, -0.2) is 20.4 Å². The smallest absolute Gasteiger partial charge is 0.228 e. The van der Waals surface area contributed by atoms with Crippen LogP contribution in [0.4, 0.5) is 11.4 Å². The molecule has 0 radical (unpaired) electrons. The molecule has 90 valence electrons. The van der Waals surface area contributed by atoms with Gasteiger partial charge >= 0.3 is 0 Å². The van der Waals surface area contributed by atoms with Gasteiger partial charge in [-0.25, -0.2) is 0 Å². The quantitative estimate of drug-likeness (QED) is 0.503. The molecule has 17 heavy (non-hydrogen) atoms. The van der Waals surface area contributed by atoms with Crippen molar-refractivity contribution in [1.29, 1.82) is 0 Å². The SMILES string of the molecule is BNc1ccccc1NC(=O)C/C=C/CCN. The summed E-state index contributed by atoms with van der Waals surface area (Å²) in [6.07, 6.45) is 4.94. The van der Waals surface area contributed by atoms with E-state index in [1.807, 2.05) is 44.4 Å². The minimum absolute atomic E-state index is 0.0269. The molecule has 0 saturated carbocycles. The highest BCUT2D eigenvalue weighted by atomic mass is 16.1. The van der Waals surface area contributed by atoms with Gasteiger partial charge in [-0.15, -0.1) is 0 Å². The number of hydrogen-bond donors (Lipinski definition) is 3. The third-order valence-corrected chi connectivity index (χ3v) is 2.27. The summed E-state index contributed by atoms with van der Waals surface area (Å²) in [4.78, 5) is 11.6. The molecule has 1 aromatic rings. The largest absolute Gasteiger partial charge is 0.433 e. The minimum atomic E-state index is -0.0269. The highest BCUT2D eigenvalue weighted by Crippen LogP contribution is 2.19. The average molecular weight is 231 g/mol. The predicted octanol–water partition coefficient (Wildman–Crippen LogP) is 0.880. The number of benzene rings is 1. The van der Waals surface area contributed by atoms with E-state index in [0.717, 1.165) is 17.8 Å². The van der Waals surface area contributed by atoms with Crippen molar-refractivity contribution in [2.45, 2.75) is 12.8 Å². The van der Waals surface area contributed by atoms with Crippen LogP contribution in [0, 0.1) is 0 Å². The maximum atomic E-state index is 11.6. The van der Waals surface area contributed by atoms with Crippen molar-refractivity contribution >= 4 is 25.3 Å².